The maximum Gasteiger partial charge on any atom is 0.245 e. The molecule has 0 bridgehead atoms. The van der Waals surface area contributed by atoms with E-state index in [0.717, 1.165) is 5.69 Å². The van der Waals surface area contributed by atoms with Crippen LogP contribution in [0.2, 0.25) is 0 Å². The quantitative estimate of drug-likeness (QED) is 0.741. The van der Waals surface area contributed by atoms with Crippen molar-refractivity contribution in [1.82, 2.24) is 15.3 Å². The highest BCUT2D eigenvalue weighted by Gasteiger charge is 2.31. The molecule has 1 aromatic rings. The zero-order valence-electron chi connectivity index (χ0n) is 12.1. The summed E-state index contributed by atoms with van der Waals surface area (Å²) in [5, 5.41) is 2.80. The summed E-state index contributed by atoms with van der Waals surface area (Å²) in [4.78, 5) is 23.0. The molecule has 7 nitrogen and oxygen atoms in total. The second kappa shape index (κ2) is 6.77. The van der Waals surface area contributed by atoms with Gasteiger partial charge in [0.25, 0.3) is 0 Å². The summed E-state index contributed by atoms with van der Waals surface area (Å²) in [6.45, 7) is 5.66. The molecule has 8 heteroatoms. The van der Waals surface area contributed by atoms with Crippen molar-refractivity contribution in [1.29, 1.82) is 0 Å². The van der Waals surface area contributed by atoms with Crippen molar-refractivity contribution < 1.29 is 9.53 Å². The van der Waals surface area contributed by atoms with Crippen LogP contribution in [0, 0.1) is 6.92 Å². The van der Waals surface area contributed by atoms with E-state index in [0.29, 0.717) is 37.9 Å². The molecule has 1 saturated heterocycles. The molecule has 1 aliphatic heterocycles. The van der Waals surface area contributed by atoms with Crippen LogP contribution in [0.1, 0.15) is 18.3 Å². The third-order valence-corrected chi connectivity index (χ3v) is 3.34. The Balaban J connectivity index is 2.32. The van der Waals surface area contributed by atoms with Gasteiger partial charge in [0.1, 0.15) is 16.7 Å². The van der Waals surface area contributed by atoms with E-state index in [-0.39, 0.29) is 10.9 Å². The van der Waals surface area contributed by atoms with Gasteiger partial charge in [-0.05, 0) is 19.9 Å². The number of morpholine rings is 1. The fourth-order valence-electron chi connectivity index (χ4n) is 2.16. The normalized spacial score (nSPS) is 18.4. The van der Waals surface area contributed by atoms with Gasteiger partial charge >= 0.3 is 0 Å². The van der Waals surface area contributed by atoms with E-state index in [2.05, 4.69) is 15.3 Å². The second-order valence-corrected chi connectivity index (χ2v) is 5.18. The molecule has 1 amide bonds. The molecule has 0 aliphatic carbocycles. The van der Waals surface area contributed by atoms with Gasteiger partial charge in [-0.15, -0.1) is 0 Å². The Kier molecular flexibility index (Phi) is 5.03. The second-order valence-electron chi connectivity index (χ2n) is 4.74. The van der Waals surface area contributed by atoms with Crippen molar-refractivity contribution in [2.24, 2.45) is 5.73 Å². The molecule has 2 rings (SSSR count). The summed E-state index contributed by atoms with van der Waals surface area (Å²) < 4.78 is 5.40. The molecule has 114 valence electrons. The number of anilines is 1. The first-order chi connectivity index (χ1) is 10.0. The number of ether oxygens (including phenoxy) is 1. The Morgan fingerprint density at radius 1 is 1.62 bits per heavy atom. The van der Waals surface area contributed by atoms with Crippen LogP contribution in [-0.4, -0.2) is 53.2 Å². The lowest BCUT2D eigenvalue weighted by Crippen LogP contribution is -2.54. The number of amides is 1. The van der Waals surface area contributed by atoms with E-state index in [1.807, 2.05) is 18.7 Å². The monoisotopic (exact) mass is 309 g/mol. The molecular weight excluding hydrogens is 290 g/mol. The van der Waals surface area contributed by atoms with E-state index in [1.54, 1.807) is 6.07 Å². The van der Waals surface area contributed by atoms with Crippen molar-refractivity contribution in [3.05, 3.63) is 17.5 Å². The highest BCUT2D eigenvalue weighted by Crippen LogP contribution is 2.17. The maximum absolute atomic E-state index is 12.1. The number of nitrogens with two attached hydrogens (primary N) is 1. The number of hydrogen-bond acceptors (Lipinski definition) is 6. The van der Waals surface area contributed by atoms with E-state index in [9.17, 15) is 4.79 Å². The summed E-state index contributed by atoms with van der Waals surface area (Å²) in [5.41, 5.74) is 6.90. The van der Waals surface area contributed by atoms with Gasteiger partial charge in [-0.1, -0.05) is 12.2 Å². The number of nitrogens with one attached hydrogen (secondary N) is 1. The van der Waals surface area contributed by atoms with E-state index in [4.69, 9.17) is 22.7 Å². The molecule has 0 spiro atoms. The number of rotatable bonds is 4. The summed E-state index contributed by atoms with van der Waals surface area (Å²) in [6, 6.07) is 1.28. The first-order valence-corrected chi connectivity index (χ1v) is 7.21. The lowest BCUT2D eigenvalue weighted by Gasteiger charge is -2.34. The Bertz CT molecular complexity index is 551. The number of carbonyl (C=O) groups excluding carboxylic acids is 1. The standard InChI is InChI=1S/C13H19N5O2S/c1-3-15-12(19)10-7-20-5-4-18(10)13-16-8(2)6-9(17-13)11(14)21/h6,10H,3-5,7H2,1-2H3,(H2,14,21)(H,15,19). The summed E-state index contributed by atoms with van der Waals surface area (Å²) >= 11 is 4.97. The Morgan fingerprint density at radius 2 is 2.38 bits per heavy atom. The van der Waals surface area contributed by atoms with Gasteiger partial charge in [0.2, 0.25) is 11.9 Å². The van der Waals surface area contributed by atoms with Crippen molar-refractivity contribution >= 4 is 29.1 Å². The first kappa shape index (κ1) is 15.6. The predicted octanol–water partition coefficient (Wildman–Crippen LogP) is -0.239. The lowest BCUT2D eigenvalue weighted by molar-refractivity contribution is -0.124. The Morgan fingerprint density at radius 3 is 3.05 bits per heavy atom. The number of nitrogens with zero attached hydrogens (tertiary/aromatic N) is 3. The average Bonchev–Trinajstić information content (AvgIpc) is 2.46. The van der Waals surface area contributed by atoms with Crippen LogP contribution in [-0.2, 0) is 9.53 Å². The van der Waals surface area contributed by atoms with Crippen molar-refractivity contribution in [3.63, 3.8) is 0 Å². The fraction of sp³-hybridized carbons (Fsp3) is 0.538. The summed E-state index contributed by atoms with van der Waals surface area (Å²) in [5.74, 6) is 0.358. The zero-order chi connectivity index (χ0) is 15.4. The topological polar surface area (TPSA) is 93.4 Å². The van der Waals surface area contributed by atoms with Gasteiger partial charge < -0.3 is 20.7 Å². The van der Waals surface area contributed by atoms with Crippen molar-refractivity contribution in [2.45, 2.75) is 19.9 Å². The third kappa shape index (κ3) is 3.64. The fourth-order valence-corrected chi connectivity index (χ4v) is 2.26. The maximum atomic E-state index is 12.1. The largest absolute Gasteiger partial charge is 0.388 e. The molecule has 3 N–H and O–H groups in total. The Labute approximate surface area is 128 Å². The molecule has 1 aliphatic rings. The smallest absolute Gasteiger partial charge is 0.245 e. The van der Waals surface area contributed by atoms with Crippen LogP contribution < -0.4 is 16.0 Å². The summed E-state index contributed by atoms with van der Waals surface area (Å²) in [7, 11) is 0. The minimum absolute atomic E-state index is 0.0980. The van der Waals surface area contributed by atoms with Gasteiger partial charge in [-0.25, -0.2) is 9.97 Å². The third-order valence-electron chi connectivity index (χ3n) is 3.13. The van der Waals surface area contributed by atoms with Crippen LogP contribution >= 0.6 is 12.2 Å². The van der Waals surface area contributed by atoms with Crippen LogP contribution in [0.4, 0.5) is 5.95 Å². The molecular formula is C13H19N5O2S. The molecule has 21 heavy (non-hydrogen) atoms. The predicted molar refractivity (Wildman–Crippen MR) is 83.3 cm³/mol. The highest BCUT2D eigenvalue weighted by atomic mass is 32.1. The van der Waals surface area contributed by atoms with Gasteiger partial charge in [0.15, 0.2) is 0 Å². The molecule has 1 atom stereocenters. The van der Waals surface area contributed by atoms with Crippen LogP contribution in [0.15, 0.2) is 6.07 Å². The minimum Gasteiger partial charge on any atom is -0.388 e. The summed E-state index contributed by atoms with van der Waals surface area (Å²) in [6.07, 6.45) is 0. The first-order valence-electron chi connectivity index (χ1n) is 6.80. The number of hydrogen-bond donors (Lipinski definition) is 2. The lowest BCUT2D eigenvalue weighted by atomic mass is 10.2. The molecule has 0 aromatic carbocycles. The van der Waals surface area contributed by atoms with Crippen LogP contribution in [0.5, 0.6) is 0 Å². The van der Waals surface area contributed by atoms with Crippen LogP contribution in [0.25, 0.3) is 0 Å². The molecule has 1 fully saturated rings. The number of aryl methyl sites for hydroxylation is 1. The van der Waals surface area contributed by atoms with Crippen molar-refractivity contribution in [2.75, 3.05) is 31.2 Å². The molecule has 1 aromatic heterocycles. The van der Waals surface area contributed by atoms with Crippen LogP contribution in [0.3, 0.4) is 0 Å². The molecule has 0 radical (unpaired) electrons. The number of likely N-dealkylation sites (N-methyl/N-ethyl adjacent to an activating group) is 1. The van der Waals surface area contributed by atoms with E-state index >= 15 is 0 Å². The Hall–Kier alpha value is -1.80. The highest BCUT2D eigenvalue weighted by molar-refractivity contribution is 7.80. The molecule has 0 saturated carbocycles. The SMILES string of the molecule is CCNC(=O)C1COCCN1c1nc(C)cc(C(N)=S)n1. The molecule has 2 heterocycles. The van der Waals surface area contributed by atoms with Gasteiger partial charge in [-0.3, -0.25) is 4.79 Å². The zero-order valence-corrected chi connectivity index (χ0v) is 12.9. The number of carbonyl (C=O) groups is 1. The van der Waals surface area contributed by atoms with Crippen molar-refractivity contribution in [3.8, 4) is 0 Å². The van der Waals surface area contributed by atoms with Gasteiger partial charge in [0, 0.05) is 18.8 Å². The van der Waals surface area contributed by atoms with E-state index in [1.165, 1.54) is 0 Å². The van der Waals surface area contributed by atoms with Gasteiger partial charge in [0.05, 0.1) is 13.2 Å². The molecule has 1 unspecified atom stereocenters. The number of thiocarbonyl (C=S) groups is 1. The minimum atomic E-state index is -0.445. The van der Waals surface area contributed by atoms with Gasteiger partial charge in [-0.2, -0.15) is 0 Å². The van der Waals surface area contributed by atoms with E-state index < -0.39 is 6.04 Å². The average molecular weight is 309 g/mol. The number of aromatic nitrogens is 2.